The molecular formula is C21H26FN5O2. The van der Waals surface area contributed by atoms with Crippen molar-refractivity contribution in [2.45, 2.75) is 59.3 Å². The number of rotatable bonds is 6. The van der Waals surface area contributed by atoms with Crippen molar-refractivity contribution in [3.8, 4) is 5.69 Å². The molecule has 1 N–H and O–H groups in total. The number of nitrogens with one attached hydrogen (secondary N) is 1. The molecule has 3 rings (SSSR count). The summed E-state index contributed by atoms with van der Waals surface area (Å²) in [7, 11) is 0. The number of aromatic nitrogens is 4. The summed E-state index contributed by atoms with van der Waals surface area (Å²) in [6.45, 7) is 9.74. The van der Waals surface area contributed by atoms with Crippen LogP contribution >= 0.6 is 0 Å². The number of benzene rings is 1. The lowest BCUT2D eigenvalue weighted by Gasteiger charge is -2.10. The molecule has 154 valence electrons. The Morgan fingerprint density at radius 1 is 1.24 bits per heavy atom. The molecule has 7 nitrogen and oxygen atoms in total. The molecule has 0 radical (unpaired) electrons. The first-order valence-corrected chi connectivity index (χ1v) is 9.59. The maximum atomic E-state index is 14.5. The fraction of sp³-hybridized carbons (Fsp3) is 0.429. The molecule has 3 aromatic rings. The van der Waals surface area contributed by atoms with Gasteiger partial charge in [-0.2, -0.15) is 10.1 Å². The summed E-state index contributed by atoms with van der Waals surface area (Å²) < 4.78 is 21.3. The maximum Gasteiger partial charge on any atom is 0.226 e. The zero-order valence-electron chi connectivity index (χ0n) is 17.4. The summed E-state index contributed by atoms with van der Waals surface area (Å²) in [6.07, 6.45) is 1.35. The van der Waals surface area contributed by atoms with Crippen molar-refractivity contribution in [3.63, 3.8) is 0 Å². The summed E-state index contributed by atoms with van der Waals surface area (Å²) in [4.78, 5) is 16.5. The Morgan fingerprint density at radius 2 is 2.00 bits per heavy atom. The second-order valence-corrected chi connectivity index (χ2v) is 8.17. The average Bonchev–Trinajstić information content (AvgIpc) is 3.21. The predicted octanol–water partition coefficient (Wildman–Crippen LogP) is 4.27. The topological polar surface area (TPSA) is 85.8 Å². The number of hydrogen-bond donors (Lipinski definition) is 1. The summed E-state index contributed by atoms with van der Waals surface area (Å²) >= 11 is 0. The van der Waals surface area contributed by atoms with Crippen LogP contribution in [-0.2, 0) is 16.6 Å². The van der Waals surface area contributed by atoms with Crippen molar-refractivity contribution >= 4 is 11.6 Å². The monoisotopic (exact) mass is 399 g/mol. The lowest BCUT2D eigenvalue weighted by molar-refractivity contribution is -0.116. The van der Waals surface area contributed by atoms with E-state index in [-0.39, 0.29) is 17.7 Å². The fourth-order valence-corrected chi connectivity index (χ4v) is 2.91. The number of hydrogen-bond acceptors (Lipinski definition) is 5. The van der Waals surface area contributed by atoms with Crippen molar-refractivity contribution in [2.75, 3.05) is 5.32 Å². The van der Waals surface area contributed by atoms with E-state index in [0.717, 1.165) is 11.4 Å². The number of amides is 1. The maximum absolute atomic E-state index is 14.5. The third kappa shape index (κ3) is 5.07. The van der Waals surface area contributed by atoms with E-state index >= 15 is 0 Å². The molecule has 8 heteroatoms. The summed E-state index contributed by atoms with van der Waals surface area (Å²) in [5.74, 6) is 0.520. The van der Waals surface area contributed by atoms with Gasteiger partial charge in [0, 0.05) is 29.6 Å². The minimum atomic E-state index is -0.449. The van der Waals surface area contributed by atoms with E-state index in [9.17, 15) is 9.18 Å². The van der Waals surface area contributed by atoms with Gasteiger partial charge in [-0.25, -0.2) is 9.07 Å². The normalized spacial score (nSPS) is 11.7. The van der Waals surface area contributed by atoms with Gasteiger partial charge in [-0.15, -0.1) is 0 Å². The van der Waals surface area contributed by atoms with E-state index < -0.39 is 5.82 Å². The Labute approximate surface area is 169 Å². The van der Waals surface area contributed by atoms with E-state index in [1.165, 1.54) is 6.07 Å². The molecule has 0 fully saturated rings. The molecule has 0 unspecified atom stereocenters. The van der Waals surface area contributed by atoms with Crippen molar-refractivity contribution in [3.05, 3.63) is 53.2 Å². The molecule has 0 aliphatic rings. The van der Waals surface area contributed by atoms with Crippen LogP contribution in [0.3, 0.4) is 0 Å². The van der Waals surface area contributed by atoms with Crippen LogP contribution in [0.5, 0.6) is 0 Å². The lowest BCUT2D eigenvalue weighted by atomic mass is 9.96. The van der Waals surface area contributed by atoms with Gasteiger partial charge in [0.2, 0.25) is 11.8 Å². The molecule has 0 spiro atoms. The molecule has 0 aliphatic carbocycles. The second-order valence-electron chi connectivity index (χ2n) is 8.17. The van der Waals surface area contributed by atoms with Crippen LogP contribution in [0.15, 0.2) is 28.8 Å². The van der Waals surface area contributed by atoms with E-state index in [1.54, 1.807) is 16.8 Å². The molecule has 1 amide bonds. The average molecular weight is 399 g/mol. The van der Waals surface area contributed by atoms with Gasteiger partial charge in [0.1, 0.15) is 5.69 Å². The van der Waals surface area contributed by atoms with E-state index in [0.29, 0.717) is 35.9 Å². The van der Waals surface area contributed by atoms with E-state index in [4.69, 9.17) is 4.52 Å². The van der Waals surface area contributed by atoms with Gasteiger partial charge in [-0.05, 0) is 44.5 Å². The first-order chi connectivity index (χ1) is 13.6. The Bertz CT molecular complexity index is 1020. The smallest absolute Gasteiger partial charge is 0.226 e. The van der Waals surface area contributed by atoms with Crippen LogP contribution in [0.2, 0.25) is 0 Å². The zero-order valence-corrected chi connectivity index (χ0v) is 17.4. The van der Waals surface area contributed by atoms with Gasteiger partial charge in [-0.1, -0.05) is 25.9 Å². The second kappa shape index (κ2) is 8.14. The number of nitrogens with zero attached hydrogens (tertiary/aromatic N) is 4. The minimum Gasteiger partial charge on any atom is -0.339 e. The number of carbonyl (C=O) groups excluding carboxylic acids is 1. The van der Waals surface area contributed by atoms with Crippen LogP contribution in [-0.4, -0.2) is 25.8 Å². The first kappa shape index (κ1) is 20.7. The fourth-order valence-electron chi connectivity index (χ4n) is 2.91. The predicted molar refractivity (Wildman–Crippen MR) is 108 cm³/mol. The van der Waals surface area contributed by atoms with Crippen molar-refractivity contribution in [1.29, 1.82) is 0 Å². The molecule has 0 aliphatic heterocycles. The Morgan fingerprint density at radius 3 is 2.59 bits per heavy atom. The third-order valence-electron chi connectivity index (χ3n) is 4.40. The Kier molecular flexibility index (Phi) is 5.81. The molecule has 2 aromatic heterocycles. The van der Waals surface area contributed by atoms with Crippen molar-refractivity contribution < 1.29 is 13.7 Å². The first-order valence-electron chi connectivity index (χ1n) is 9.59. The van der Waals surface area contributed by atoms with Crippen LogP contribution in [0.4, 0.5) is 10.1 Å². The van der Waals surface area contributed by atoms with Crippen molar-refractivity contribution in [2.24, 2.45) is 0 Å². The standard InChI is InChI=1S/C21H26FN5O2/c1-13-11-14(2)27(25-13)17-10-9-15(12-16(17)22)23-18(28)7-6-8-19-24-20(26-29-19)21(3,4)5/h9-12H,6-8H2,1-5H3,(H,23,28). The molecule has 29 heavy (non-hydrogen) atoms. The summed E-state index contributed by atoms with van der Waals surface area (Å²) in [5, 5.41) is 11.0. The van der Waals surface area contributed by atoms with Crippen molar-refractivity contribution in [1.82, 2.24) is 19.9 Å². The van der Waals surface area contributed by atoms with Gasteiger partial charge >= 0.3 is 0 Å². The van der Waals surface area contributed by atoms with Crippen LogP contribution in [0.25, 0.3) is 5.69 Å². The molecule has 0 saturated carbocycles. The quantitative estimate of drug-likeness (QED) is 0.669. The van der Waals surface area contributed by atoms with Gasteiger partial charge in [0.25, 0.3) is 0 Å². The number of halogens is 1. The van der Waals surface area contributed by atoms with Gasteiger partial charge in [0.05, 0.1) is 5.69 Å². The van der Waals surface area contributed by atoms with Gasteiger partial charge in [-0.3, -0.25) is 4.79 Å². The van der Waals surface area contributed by atoms with Gasteiger partial charge in [0.15, 0.2) is 11.6 Å². The highest BCUT2D eigenvalue weighted by Gasteiger charge is 2.20. The summed E-state index contributed by atoms with van der Waals surface area (Å²) in [6, 6.07) is 6.46. The molecular weight excluding hydrogens is 373 g/mol. The third-order valence-corrected chi connectivity index (χ3v) is 4.40. The molecule has 0 saturated heterocycles. The summed E-state index contributed by atoms with van der Waals surface area (Å²) in [5.41, 5.74) is 2.23. The highest BCUT2D eigenvalue weighted by atomic mass is 19.1. The number of aryl methyl sites for hydroxylation is 3. The SMILES string of the molecule is Cc1cc(C)n(-c2ccc(NC(=O)CCCc3nc(C(C)(C)C)no3)cc2F)n1. The zero-order chi connectivity index (χ0) is 21.2. The molecule has 1 aromatic carbocycles. The highest BCUT2D eigenvalue weighted by Crippen LogP contribution is 2.21. The highest BCUT2D eigenvalue weighted by molar-refractivity contribution is 5.90. The van der Waals surface area contributed by atoms with E-state index in [2.05, 4.69) is 20.6 Å². The Balaban J connectivity index is 1.55. The molecule has 2 heterocycles. The van der Waals surface area contributed by atoms with Crippen LogP contribution in [0, 0.1) is 19.7 Å². The largest absolute Gasteiger partial charge is 0.339 e. The van der Waals surface area contributed by atoms with Crippen LogP contribution in [0.1, 0.15) is 56.7 Å². The number of carbonyl (C=O) groups is 1. The lowest BCUT2D eigenvalue weighted by Crippen LogP contribution is -2.13. The molecule has 0 bridgehead atoms. The minimum absolute atomic E-state index is 0.178. The van der Waals surface area contributed by atoms with E-state index in [1.807, 2.05) is 40.7 Å². The Hall–Kier alpha value is -3.03. The van der Waals surface area contributed by atoms with Gasteiger partial charge < -0.3 is 9.84 Å². The van der Waals surface area contributed by atoms with Crippen LogP contribution < -0.4 is 5.32 Å². The number of anilines is 1. The molecule has 0 atom stereocenters.